The number of benzene rings is 1. The molecule has 2 heterocycles. The average Bonchev–Trinajstić information content (AvgIpc) is 3.42. The second-order valence-corrected chi connectivity index (χ2v) is 11.4. The highest BCUT2D eigenvalue weighted by Crippen LogP contribution is 2.19. The first-order valence-corrected chi connectivity index (χ1v) is 12.8. The van der Waals surface area contributed by atoms with Crippen LogP contribution in [0.25, 0.3) is 0 Å². The monoisotopic (exact) mass is 488 g/mol. The van der Waals surface area contributed by atoms with Gasteiger partial charge in [-0.2, -0.15) is 0 Å². The van der Waals surface area contributed by atoms with Gasteiger partial charge in [-0.25, -0.2) is 9.18 Å². The molecule has 186 valence electrons. The van der Waals surface area contributed by atoms with Crippen molar-refractivity contribution in [2.75, 3.05) is 32.7 Å². The molecule has 3 amide bonds. The summed E-state index contributed by atoms with van der Waals surface area (Å²) in [6.07, 6.45) is 2.36. The molecule has 0 unspecified atom stereocenters. The van der Waals surface area contributed by atoms with Crippen LogP contribution in [0.15, 0.2) is 36.4 Å². The zero-order valence-electron chi connectivity index (χ0n) is 20.8. The molecule has 0 spiro atoms. The molecule has 0 saturated carbocycles. The number of rotatable bonds is 9. The summed E-state index contributed by atoms with van der Waals surface area (Å²) >= 11 is 1.65. The molecular weight excluding hydrogens is 451 g/mol. The molecule has 1 aliphatic heterocycles. The fraction of sp³-hybridized carbons (Fsp3) is 0.538. The molecule has 1 N–H and O–H groups in total. The summed E-state index contributed by atoms with van der Waals surface area (Å²) in [6.45, 7) is 12.0. The highest BCUT2D eigenvalue weighted by Gasteiger charge is 2.25. The number of urea groups is 1. The predicted molar refractivity (Wildman–Crippen MR) is 135 cm³/mol. The molecule has 0 bridgehead atoms. The van der Waals surface area contributed by atoms with Crippen LogP contribution in [0.4, 0.5) is 9.18 Å². The van der Waals surface area contributed by atoms with Gasteiger partial charge in [-0.3, -0.25) is 4.79 Å². The van der Waals surface area contributed by atoms with Crippen molar-refractivity contribution < 1.29 is 14.0 Å². The van der Waals surface area contributed by atoms with Gasteiger partial charge >= 0.3 is 6.03 Å². The van der Waals surface area contributed by atoms with Crippen molar-refractivity contribution in [2.24, 2.45) is 0 Å². The van der Waals surface area contributed by atoms with E-state index in [0.29, 0.717) is 19.6 Å². The molecular formula is C26H37FN4O2S. The van der Waals surface area contributed by atoms with Gasteiger partial charge in [0.15, 0.2) is 0 Å². The Hall–Kier alpha value is -2.45. The molecule has 1 aliphatic rings. The van der Waals surface area contributed by atoms with Gasteiger partial charge in [0, 0.05) is 34.9 Å². The van der Waals surface area contributed by atoms with Crippen LogP contribution in [0.3, 0.4) is 0 Å². The Bertz CT molecular complexity index is 948. The van der Waals surface area contributed by atoms with E-state index in [0.717, 1.165) is 30.1 Å². The number of amides is 3. The predicted octanol–water partition coefficient (Wildman–Crippen LogP) is 4.63. The molecule has 0 aliphatic carbocycles. The molecule has 8 heteroatoms. The van der Waals surface area contributed by atoms with E-state index in [1.807, 2.05) is 39.8 Å². The van der Waals surface area contributed by atoms with Gasteiger partial charge in [0.25, 0.3) is 0 Å². The van der Waals surface area contributed by atoms with Crippen molar-refractivity contribution in [2.45, 2.75) is 59.2 Å². The van der Waals surface area contributed by atoms with Crippen LogP contribution in [0, 0.1) is 12.7 Å². The van der Waals surface area contributed by atoms with E-state index >= 15 is 0 Å². The molecule has 34 heavy (non-hydrogen) atoms. The third kappa shape index (κ3) is 8.40. The molecule has 1 aromatic heterocycles. The van der Waals surface area contributed by atoms with E-state index < -0.39 is 5.54 Å². The third-order valence-electron chi connectivity index (χ3n) is 5.76. The van der Waals surface area contributed by atoms with Gasteiger partial charge in [0.05, 0.1) is 6.54 Å². The highest BCUT2D eigenvalue weighted by atomic mass is 32.1. The number of hydrogen-bond acceptors (Lipinski definition) is 4. The number of likely N-dealkylation sites (tertiary alicyclic amines) is 1. The number of hydrogen-bond donors (Lipinski definition) is 1. The Morgan fingerprint density at radius 1 is 1.03 bits per heavy atom. The van der Waals surface area contributed by atoms with E-state index in [1.54, 1.807) is 33.3 Å². The lowest BCUT2D eigenvalue weighted by Gasteiger charge is -2.31. The quantitative estimate of drug-likeness (QED) is 0.560. The summed E-state index contributed by atoms with van der Waals surface area (Å²) in [4.78, 5) is 34.6. The van der Waals surface area contributed by atoms with E-state index in [4.69, 9.17) is 0 Å². The van der Waals surface area contributed by atoms with Gasteiger partial charge in [0.2, 0.25) is 5.91 Å². The van der Waals surface area contributed by atoms with Crippen LogP contribution < -0.4 is 5.32 Å². The summed E-state index contributed by atoms with van der Waals surface area (Å²) in [5, 5.41) is 3.01. The summed E-state index contributed by atoms with van der Waals surface area (Å²) in [5.41, 5.74) is 0.458. The van der Waals surface area contributed by atoms with Gasteiger partial charge in [-0.15, -0.1) is 11.3 Å². The minimum absolute atomic E-state index is 0.00130. The SMILES string of the molecule is Cc1ccc(CN(Cc2ccc(F)cc2)C(=O)CN(CCN2CCCC2)C(=O)NC(C)(C)C)s1. The molecule has 1 fully saturated rings. The zero-order chi connectivity index (χ0) is 24.7. The van der Waals surface area contributed by atoms with Crippen LogP contribution >= 0.6 is 11.3 Å². The third-order valence-corrected chi connectivity index (χ3v) is 6.75. The fourth-order valence-corrected chi connectivity index (χ4v) is 4.89. The Morgan fingerprint density at radius 2 is 1.71 bits per heavy atom. The van der Waals surface area contributed by atoms with Crippen molar-refractivity contribution >= 4 is 23.3 Å². The van der Waals surface area contributed by atoms with Crippen LogP contribution in [-0.2, 0) is 17.9 Å². The number of carbonyl (C=O) groups excluding carboxylic acids is 2. The largest absolute Gasteiger partial charge is 0.333 e. The summed E-state index contributed by atoms with van der Waals surface area (Å²) in [5.74, 6) is -0.427. The standard InChI is InChI=1S/C26H37FN4O2S/c1-20-7-12-23(34-20)18-31(17-21-8-10-22(27)11-9-21)24(32)19-30(25(33)28-26(2,3)4)16-15-29-13-5-6-14-29/h7-12H,5-6,13-19H2,1-4H3,(H,28,33). The van der Waals surface area contributed by atoms with Crippen molar-refractivity contribution in [3.8, 4) is 0 Å². The second-order valence-electron chi connectivity index (χ2n) is 10.0. The van der Waals surface area contributed by atoms with Crippen molar-refractivity contribution in [3.05, 3.63) is 57.5 Å². The summed E-state index contributed by atoms with van der Waals surface area (Å²) in [6, 6.07) is 10.1. The summed E-state index contributed by atoms with van der Waals surface area (Å²) < 4.78 is 13.4. The first-order valence-electron chi connectivity index (χ1n) is 12.0. The van der Waals surface area contributed by atoms with Crippen LogP contribution in [0.1, 0.15) is 48.9 Å². The number of thiophene rings is 1. The van der Waals surface area contributed by atoms with E-state index in [2.05, 4.69) is 10.2 Å². The Morgan fingerprint density at radius 3 is 2.29 bits per heavy atom. The Balaban J connectivity index is 1.75. The smallest absolute Gasteiger partial charge is 0.318 e. The van der Waals surface area contributed by atoms with Gasteiger partial charge in [0.1, 0.15) is 12.4 Å². The Kier molecular flexibility index (Phi) is 9.08. The minimum Gasteiger partial charge on any atom is -0.333 e. The maximum Gasteiger partial charge on any atom is 0.318 e. The Labute approximate surface area is 206 Å². The highest BCUT2D eigenvalue weighted by molar-refractivity contribution is 7.11. The molecule has 2 aromatic rings. The number of carbonyl (C=O) groups is 2. The number of nitrogens with one attached hydrogen (secondary N) is 1. The normalized spacial score (nSPS) is 14.3. The first-order chi connectivity index (χ1) is 16.1. The number of halogens is 1. The molecule has 1 saturated heterocycles. The van der Waals surface area contributed by atoms with Crippen LogP contribution in [0.5, 0.6) is 0 Å². The second kappa shape index (κ2) is 11.8. The van der Waals surface area contributed by atoms with Gasteiger partial charge < -0.3 is 20.0 Å². The first kappa shape index (κ1) is 26.2. The van der Waals surface area contributed by atoms with E-state index in [9.17, 15) is 14.0 Å². The van der Waals surface area contributed by atoms with Crippen molar-refractivity contribution in [3.63, 3.8) is 0 Å². The minimum atomic E-state index is -0.395. The fourth-order valence-electron chi connectivity index (χ4n) is 3.98. The lowest BCUT2D eigenvalue weighted by molar-refractivity contribution is -0.133. The van der Waals surface area contributed by atoms with Crippen molar-refractivity contribution in [1.29, 1.82) is 0 Å². The molecule has 3 rings (SSSR count). The lowest BCUT2D eigenvalue weighted by atomic mass is 10.1. The van der Waals surface area contributed by atoms with Gasteiger partial charge in [-0.1, -0.05) is 12.1 Å². The molecule has 6 nitrogen and oxygen atoms in total. The van der Waals surface area contributed by atoms with Crippen LogP contribution in [-0.4, -0.2) is 64.9 Å². The average molecular weight is 489 g/mol. The summed E-state index contributed by atoms with van der Waals surface area (Å²) in [7, 11) is 0. The van der Waals surface area contributed by atoms with E-state index in [-0.39, 0.29) is 24.3 Å². The lowest BCUT2D eigenvalue weighted by Crippen LogP contribution is -2.53. The topological polar surface area (TPSA) is 55.9 Å². The molecule has 1 aromatic carbocycles. The maximum atomic E-state index is 13.5. The van der Waals surface area contributed by atoms with Crippen LogP contribution in [0.2, 0.25) is 0 Å². The maximum absolute atomic E-state index is 13.5. The zero-order valence-corrected chi connectivity index (χ0v) is 21.6. The van der Waals surface area contributed by atoms with Gasteiger partial charge in [-0.05, 0) is 83.5 Å². The van der Waals surface area contributed by atoms with E-state index in [1.165, 1.54) is 29.9 Å². The number of aryl methyl sites for hydroxylation is 1. The molecule has 0 radical (unpaired) electrons. The van der Waals surface area contributed by atoms with Crippen molar-refractivity contribution in [1.82, 2.24) is 20.0 Å². The molecule has 0 atom stereocenters. The number of nitrogens with zero attached hydrogens (tertiary/aromatic N) is 3.